The predicted octanol–water partition coefficient (Wildman–Crippen LogP) is 5.91. The van der Waals surface area contributed by atoms with E-state index in [1.165, 1.54) is 35.8 Å². The number of thioether (sulfide) groups is 1. The van der Waals surface area contributed by atoms with Gasteiger partial charge in [0.05, 0.1) is 12.9 Å². The highest BCUT2D eigenvalue weighted by atomic mass is 32.2. The first-order valence-corrected chi connectivity index (χ1v) is 13.7. The number of anilines is 1. The van der Waals surface area contributed by atoms with Crippen LogP contribution in [0.1, 0.15) is 27.3 Å². The summed E-state index contributed by atoms with van der Waals surface area (Å²) in [6.07, 6.45) is 1.74. The molecule has 1 amide bonds. The summed E-state index contributed by atoms with van der Waals surface area (Å²) >= 11 is 2.53. The van der Waals surface area contributed by atoms with E-state index >= 15 is 0 Å². The third kappa shape index (κ3) is 6.32. The summed E-state index contributed by atoms with van der Waals surface area (Å²) in [6, 6.07) is 15.5. The molecule has 38 heavy (non-hydrogen) atoms. The van der Waals surface area contributed by atoms with Crippen LogP contribution in [0.15, 0.2) is 71.7 Å². The lowest BCUT2D eigenvalue weighted by molar-refractivity contribution is -0.113. The van der Waals surface area contributed by atoms with E-state index in [0.717, 1.165) is 16.9 Å². The lowest BCUT2D eigenvalue weighted by Crippen LogP contribution is -2.16. The Balaban J connectivity index is 1.44. The van der Waals surface area contributed by atoms with Gasteiger partial charge in [0.25, 0.3) is 0 Å². The van der Waals surface area contributed by atoms with Crippen LogP contribution in [0.5, 0.6) is 5.75 Å². The molecule has 8 nitrogen and oxygen atoms in total. The monoisotopic (exact) mass is 548 g/mol. The molecule has 0 atom stereocenters. The van der Waals surface area contributed by atoms with Crippen LogP contribution in [0.2, 0.25) is 0 Å². The maximum Gasteiger partial charge on any atom is 0.341 e. The van der Waals surface area contributed by atoms with Crippen molar-refractivity contribution >= 4 is 40.0 Å². The Labute approximate surface area is 229 Å². The molecule has 4 rings (SSSR count). The molecule has 0 aliphatic carbocycles. The van der Waals surface area contributed by atoms with Crippen LogP contribution in [0.25, 0.3) is 11.1 Å². The molecule has 2 aromatic carbocycles. The molecule has 0 aliphatic rings. The highest BCUT2D eigenvalue weighted by Crippen LogP contribution is 2.36. The number of aryl methyl sites for hydroxylation is 2. The van der Waals surface area contributed by atoms with Crippen molar-refractivity contribution in [3.63, 3.8) is 0 Å². The molecule has 0 bridgehead atoms. The standard InChI is InChI=1S/C28H28N4O4S2/c1-5-13-32-23(15-36-22-12-11-18(2)14-19(22)3)30-31-28(32)38-17-24(33)29-26-25(27(34)35-4)21(16-37-26)20-9-7-6-8-10-20/h5-12,14,16H,1,13,15,17H2,2-4H3,(H,29,33). The number of thiophene rings is 1. The molecule has 0 fully saturated rings. The van der Waals surface area contributed by atoms with E-state index in [0.29, 0.717) is 33.7 Å². The zero-order chi connectivity index (χ0) is 27.1. The Morgan fingerprint density at radius 2 is 1.95 bits per heavy atom. The molecule has 2 aromatic heterocycles. The van der Waals surface area contributed by atoms with Gasteiger partial charge in [0.1, 0.15) is 22.9 Å². The Kier molecular flexibility index (Phi) is 8.98. The third-order valence-electron chi connectivity index (χ3n) is 5.64. The third-order valence-corrected chi connectivity index (χ3v) is 7.51. The number of amides is 1. The minimum absolute atomic E-state index is 0.0758. The maximum absolute atomic E-state index is 12.9. The zero-order valence-corrected chi connectivity index (χ0v) is 23.0. The van der Waals surface area contributed by atoms with Crippen LogP contribution >= 0.6 is 23.1 Å². The van der Waals surface area contributed by atoms with E-state index in [1.807, 2.05) is 66.3 Å². The molecule has 0 saturated carbocycles. The van der Waals surface area contributed by atoms with Crippen LogP contribution in [-0.2, 0) is 22.7 Å². The van der Waals surface area contributed by atoms with Gasteiger partial charge in [-0.25, -0.2) is 4.79 Å². The Morgan fingerprint density at radius 3 is 2.66 bits per heavy atom. The summed E-state index contributed by atoms with van der Waals surface area (Å²) in [7, 11) is 1.32. The van der Waals surface area contributed by atoms with Crippen LogP contribution in [-0.4, -0.2) is 39.5 Å². The number of ether oxygens (including phenoxy) is 2. The molecule has 10 heteroatoms. The van der Waals surface area contributed by atoms with Gasteiger partial charge in [-0.05, 0) is 31.0 Å². The van der Waals surface area contributed by atoms with Gasteiger partial charge in [-0.1, -0.05) is 65.9 Å². The van der Waals surface area contributed by atoms with E-state index in [-0.39, 0.29) is 18.3 Å². The van der Waals surface area contributed by atoms with Crippen LogP contribution in [0.4, 0.5) is 5.00 Å². The number of esters is 1. The highest BCUT2D eigenvalue weighted by Gasteiger charge is 2.23. The molecular weight excluding hydrogens is 520 g/mol. The average molecular weight is 549 g/mol. The van der Waals surface area contributed by atoms with Gasteiger partial charge in [-0.2, -0.15) is 0 Å². The van der Waals surface area contributed by atoms with Crippen molar-refractivity contribution in [1.29, 1.82) is 0 Å². The molecule has 0 saturated heterocycles. The number of carbonyl (C=O) groups is 2. The largest absolute Gasteiger partial charge is 0.485 e. The van der Waals surface area contributed by atoms with Gasteiger partial charge < -0.3 is 14.8 Å². The molecule has 0 spiro atoms. The number of aromatic nitrogens is 3. The highest BCUT2D eigenvalue weighted by molar-refractivity contribution is 7.99. The molecule has 0 unspecified atom stereocenters. The van der Waals surface area contributed by atoms with E-state index in [9.17, 15) is 9.59 Å². The first kappa shape index (κ1) is 27.2. The van der Waals surface area contributed by atoms with Gasteiger partial charge in [0.15, 0.2) is 11.0 Å². The summed E-state index contributed by atoms with van der Waals surface area (Å²) in [5.41, 5.74) is 4.12. The summed E-state index contributed by atoms with van der Waals surface area (Å²) in [5.74, 6) is 0.706. The van der Waals surface area contributed by atoms with E-state index < -0.39 is 5.97 Å². The second kappa shape index (κ2) is 12.6. The number of rotatable bonds is 11. The van der Waals surface area contributed by atoms with Gasteiger partial charge >= 0.3 is 5.97 Å². The number of methoxy groups -OCH3 is 1. The number of hydrogen-bond acceptors (Lipinski definition) is 8. The normalized spacial score (nSPS) is 10.7. The van der Waals surface area contributed by atoms with Crippen molar-refractivity contribution in [3.8, 4) is 16.9 Å². The van der Waals surface area contributed by atoms with Crippen molar-refractivity contribution < 1.29 is 19.1 Å². The smallest absolute Gasteiger partial charge is 0.341 e. The lowest BCUT2D eigenvalue weighted by Gasteiger charge is -2.11. The maximum atomic E-state index is 12.9. The fourth-order valence-corrected chi connectivity index (χ4v) is 5.57. The number of carbonyl (C=O) groups excluding carboxylic acids is 2. The first-order chi connectivity index (χ1) is 18.4. The van der Waals surface area contributed by atoms with Gasteiger partial charge in [-0.3, -0.25) is 9.36 Å². The zero-order valence-electron chi connectivity index (χ0n) is 21.4. The van der Waals surface area contributed by atoms with Crippen LogP contribution in [0.3, 0.4) is 0 Å². The van der Waals surface area contributed by atoms with E-state index in [2.05, 4.69) is 28.2 Å². The van der Waals surface area contributed by atoms with Crippen molar-refractivity contribution in [2.24, 2.45) is 0 Å². The number of benzene rings is 2. The average Bonchev–Trinajstić information content (AvgIpc) is 3.51. The second-order valence-corrected chi connectivity index (χ2v) is 10.2. The molecule has 0 aliphatic heterocycles. The SMILES string of the molecule is C=CCn1c(COc2ccc(C)cc2C)nnc1SCC(=O)Nc1scc(-c2ccccc2)c1C(=O)OC. The summed E-state index contributed by atoms with van der Waals surface area (Å²) < 4.78 is 12.8. The number of hydrogen-bond donors (Lipinski definition) is 1. The number of allylic oxidation sites excluding steroid dienone is 1. The Bertz CT molecular complexity index is 1450. The number of nitrogens with zero attached hydrogens (tertiary/aromatic N) is 3. The van der Waals surface area contributed by atoms with Crippen molar-refractivity contribution in [3.05, 3.63) is 89.1 Å². The van der Waals surface area contributed by atoms with Crippen molar-refractivity contribution in [1.82, 2.24) is 14.8 Å². The molecule has 4 aromatic rings. The molecule has 2 heterocycles. The topological polar surface area (TPSA) is 95.3 Å². The molecular formula is C28H28N4O4S2. The molecule has 1 N–H and O–H groups in total. The number of nitrogens with one attached hydrogen (secondary N) is 1. The molecule has 196 valence electrons. The van der Waals surface area contributed by atoms with Gasteiger partial charge in [0, 0.05) is 17.5 Å². The van der Waals surface area contributed by atoms with Crippen LogP contribution in [0, 0.1) is 13.8 Å². The second-order valence-electron chi connectivity index (χ2n) is 8.40. The Hall–Kier alpha value is -3.89. The van der Waals surface area contributed by atoms with E-state index in [4.69, 9.17) is 9.47 Å². The minimum atomic E-state index is -0.507. The summed E-state index contributed by atoms with van der Waals surface area (Å²) in [6.45, 7) is 8.57. The first-order valence-electron chi connectivity index (χ1n) is 11.8. The lowest BCUT2D eigenvalue weighted by atomic mass is 10.0. The fraction of sp³-hybridized carbons (Fsp3) is 0.214. The fourth-order valence-electron chi connectivity index (χ4n) is 3.83. The summed E-state index contributed by atoms with van der Waals surface area (Å²) in [4.78, 5) is 25.4. The van der Waals surface area contributed by atoms with Gasteiger partial charge in [0.2, 0.25) is 5.91 Å². The minimum Gasteiger partial charge on any atom is -0.485 e. The van der Waals surface area contributed by atoms with E-state index in [1.54, 1.807) is 6.08 Å². The predicted molar refractivity (Wildman–Crippen MR) is 151 cm³/mol. The van der Waals surface area contributed by atoms with Crippen LogP contribution < -0.4 is 10.1 Å². The van der Waals surface area contributed by atoms with Crippen molar-refractivity contribution in [2.45, 2.75) is 32.2 Å². The quantitative estimate of drug-likeness (QED) is 0.142. The molecule has 0 radical (unpaired) electrons. The summed E-state index contributed by atoms with van der Waals surface area (Å²) in [5, 5.41) is 14.2. The Morgan fingerprint density at radius 1 is 1.16 bits per heavy atom. The van der Waals surface area contributed by atoms with Crippen molar-refractivity contribution in [2.75, 3.05) is 18.2 Å². The van der Waals surface area contributed by atoms with Gasteiger partial charge in [-0.15, -0.1) is 28.1 Å².